The summed E-state index contributed by atoms with van der Waals surface area (Å²) in [4.78, 5) is 24.5. The van der Waals surface area contributed by atoms with Crippen molar-refractivity contribution >= 4 is 35.0 Å². The first-order valence-electron chi connectivity index (χ1n) is 15.6. The molecule has 1 fully saturated rings. The Bertz CT molecular complexity index is 1340. The number of aliphatic hydroxyl groups excluding tert-OH is 2. The minimum atomic E-state index is -0.535. The van der Waals surface area contributed by atoms with Crippen LogP contribution in [0.1, 0.15) is 79.6 Å². The van der Waals surface area contributed by atoms with Crippen LogP contribution >= 0.6 is 11.8 Å². The number of nitrogens with two attached hydrogens (primary N) is 1. The second kappa shape index (κ2) is 18.5. The van der Waals surface area contributed by atoms with E-state index in [-0.39, 0.29) is 37.2 Å². The van der Waals surface area contributed by atoms with E-state index in [1.54, 1.807) is 23.9 Å². The molecule has 4 rings (SSSR count). The molecule has 6 N–H and O–H groups in total. The van der Waals surface area contributed by atoms with Gasteiger partial charge in [0, 0.05) is 42.9 Å². The quantitative estimate of drug-likeness (QED) is 0.0949. The molecule has 3 aromatic carbocycles. The van der Waals surface area contributed by atoms with E-state index < -0.39 is 6.29 Å². The fourth-order valence-corrected chi connectivity index (χ4v) is 5.91. The average Bonchev–Trinajstić information content (AvgIpc) is 3.06. The molecule has 0 saturated carbocycles. The topological polar surface area (TPSA) is 143 Å². The minimum Gasteiger partial charge on any atom is -0.397 e. The van der Waals surface area contributed by atoms with Gasteiger partial charge >= 0.3 is 0 Å². The standard InChI is InChI=1S/C35H45N3O6S/c36-30-7-5-6-8-31(30)38-34(42)10-4-2-1-3-9-33(41)37-22-25-11-17-28(18-12-25)35-43-29(24-45-20-19-39)21-32(44-35)27-15-13-26(23-40)14-16-27/h5-8,11-18,29,32,35,39-40H,1-4,9-10,19-24,36H2,(H,37,41)(H,38,42)/t29-,32+,35+/m1/s1. The van der Waals surface area contributed by atoms with Crippen LogP contribution in [0.25, 0.3) is 0 Å². The molecule has 0 unspecified atom stereocenters. The van der Waals surface area contributed by atoms with Crippen molar-refractivity contribution < 1.29 is 29.3 Å². The summed E-state index contributed by atoms with van der Waals surface area (Å²) < 4.78 is 12.7. The highest BCUT2D eigenvalue weighted by molar-refractivity contribution is 7.99. The molecule has 1 aliphatic rings. The van der Waals surface area contributed by atoms with Crippen LogP contribution in [-0.2, 0) is 32.2 Å². The van der Waals surface area contributed by atoms with Gasteiger partial charge in [0.25, 0.3) is 0 Å². The SMILES string of the molecule is Nc1ccccc1NC(=O)CCCCCCC(=O)NCc1ccc([C@H]2O[C@@H](CSCCO)C[C@@H](c3ccc(CO)cc3)O2)cc1. The van der Waals surface area contributed by atoms with Gasteiger partial charge in [-0.3, -0.25) is 9.59 Å². The largest absolute Gasteiger partial charge is 0.397 e. The minimum absolute atomic E-state index is 0.00123. The molecule has 1 aliphatic heterocycles. The first kappa shape index (κ1) is 34.5. The van der Waals surface area contributed by atoms with Crippen molar-refractivity contribution in [1.82, 2.24) is 5.32 Å². The highest BCUT2D eigenvalue weighted by atomic mass is 32.2. The van der Waals surface area contributed by atoms with E-state index in [0.29, 0.717) is 42.9 Å². The van der Waals surface area contributed by atoms with Gasteiger partial charge in [0.05, 0.1) is 36.8 Å². The molecule has 2 amide bonds. The van der Waals surface area contributed by atoms with Crippen LogP contribution in [0.15, 0.2) is 72.8 Å². The summed E-state index contributed by atoms with van der Waals surface area (Å²) in [6.07, 6.45) is 4.16. The maximum atomic E-state index is 12.4. The van der Waals surface area contributed by atoms with Gasteiger partial charge in [-0.2, -0.15) is 11.8 Å². The number of carbonyl (C=O) groups is 2. The van der Waals surface area contributed by atoms with Gasteiger partial charge < -0.3 is 36.1 Å². The summed E-state index contributed by atoms with van der Waals surface area (Å²) in [5.41, 5.74) is 10.8. The Kier molecular flexibility index (Phi) is 14.2. The second-order valence-electron chi connectivity index (χ2n) is 11.2. The summed E-state index contributed by atoms with van der Waals surface area (Å²) >= 11 is 1.66. The Morgan fingerprint density at radius 3 is 2.18 bits per heavy atom. The second-order valence-corrected chi connectivity index (χ2v) is 12.4. The molecular formula is C35H45N3O6S. The fourth-order valence-electron chi connectivity index (χ4n) is 5.13. The van der Waals surface area contributed by atoms with E-state index in [4.69, 9.17) is 15.2 Å². The highest BCUT2D eigenvalue weighted by Crippen LogP contribution is 2.38. The molecule has 3 aromatic rings. The van der Waals surface area contributed by atoms with Crippen molar-refractivity contribution in [2.24, 2.45) is 0 Å². The number of anilines is 2. The molecule has 1 heterocycles. The van der Waals surface area contributed by atoms with E-state index in [0.717, 1.165) is 53.7 Å². The molecule has 0 radical (unpaired) electrons. The molecule has 45 heavy (non-hydrogen) atoms. The molecule has 9 nitrogen and oxygen atoms in total. The first-order chi connectivity index (χ1) is 21.9. The lowest BCUT2D eigenvalue weighted by Gasteiger charge is -2.36. The monoisotopic (exact) mass is 635 g/mol. The van der Waals surface area contributed by atoms with Gasteiger partial charge in [-0.25, -0.2) is 0 Å². The molecule has 0 aliphatic carbocycles. The van der Waals surface area contributed by atoms with Crippen molar-refractivity contribution in [3.05, 3.63) is 95.1 Å². The van der Waals surface area contributed by atoms with Gasteiger partial charge in [0.2, 0.25) is 11.8 Å². The predicted molar refractivity (Wildman–Crippen MR) is 178 cm³/mol. The van der Waals surface area contributed by atoms with Crippen LogP contribution in [-0.4, -0.2) is 46.2 Å². The highest BCUT2D eigenvalue weighted by Gasteiger charge is 2.32. The first-order valence-corrected chi connectivity index (χ1v) is 16.8. The third kappa shape index (κ3) is 11.5. The molecular weight excluding hydrogens is 590 g/mol. The lowest BCUT2D eigenvalue weighted by Crippen LogP contribution is -2.31. The van der Waals surface area contributed by atoms with Gasteiger partial charge in [0.1, 0.15) is 0 Å². The Morgan fingerprint density at radius 2 is 1.49 bits per heavy atom. The molecule has 10 heteroatoms. The average molecular weight is 636 g/mol. The van der Waals surface area contributed by atoms with Crippen LogP contribution in [0, 0.1) is 0 Å². The van der Waals surface area contributed by atoms with Gasteiger partial charge in [-0.05, 0) is 41.7 Å². The van der Waals surface area contributed by atoms with Crippen molar-refractivity contribution in [3.8, 4) is 0 Å². The summed E-state index contributed by atoms with van der Waals surface area (Å²) in [5, 5.41) is 24.4. The van der Waals surface area contributed by atoms with Crippen LogP contribution in [0.5, 0.6) is 0 Å². The number of benzene rings is 3. The number of hydrogen-bond donors (Lipinski definition) is 5. The molecule has 3 atom stereocenters. The lowest BCUT2D eigenvalue weighted by atomic mass is 10.0. The maximum absolute atomic E-state index is 12.4. The van der Waals surface area contributed by atoms with Gasteiger partial charge in [0.15, 0.2) is 6.29 Å². The molecule has 0 aromatic heterocycles. The number of nitrogen functional groups attached to an aromatic ring is 1. The van der Waals surface area contributed by atoms with Crippen LogP contribution < -0.4 is 16.4 Å². The zero-order valence-corrected chi connectivity index (χ0v) is 26.5. The van der Waals surface area contributed by atoms with E-state index in [9.17, 15) is 19.8 Å². The number of unbranched alkanes of at least 4 members (excludes halogenated alkanes) is 3. The summed E-state index contributed by atoms with van der Waals surface area (Å²) in [6.45, 7) is 0.570. The Labute approximate surface area is 269 Å². The number of para-hydroxylation sites is 2. The number of aliphatic hydroxyl groups is 2. The zero-order chi connectivity index (χ0) is 31.9. The van der Waals surface area contributed by atoms with Crippen molar-refractivity contribution in [2.45, 2.75) is 76.6 Å². The normalized spacial score (nSPS) is 18.0. The van der Waals surface area contributed by atoms with Crippen molar-refractivity contribution in [2.75, 3.05) is 29.2 Å². The summed E-state index contributed by atoms with van der Waals surface area (Å²) in [5.74, 6) is 1.37. The Morgan fingerprint density at radius 1 is 0.822 bits per heavy atom. The van der Waals surface area contributed by atoms with Crippen molar-refractivity contribution in [3.63, 3.8) is 0 Å². The predicted octanol–water partition coefficient (Wildman–Crippen LogP) is 5.63. The molecule has 1 saturated heterocycles. The Hall–Kier alpha value is -3.41. The van der Waals surface area contributed by atoms with Gasteiger partial charge in [-0.15, -0.1) is 0 Å². The van der Waals surface area contributed by atoms with E-state index in [2.05, 4.69) is 10.6 Å². The Balaban J connectivity index is 1.17. The number of nitrogens with one attached hydrogen (secondary N) is 2. The number of hydrogen-bond acceptors (Lipinski definition) is 8. The number of amides is 2. The third-order valence-electron chi connectivity index (χ3n) is 7.69. The lowest BCUT2D eigenvalue weighted by molar-refractivity contribution is -0.245. The van der Waals surface area contributed by atoms with Gasteiger partial charge in [-0.1, -0.05) is 73.5 Å². The number of thioether (sulfide) groups is 1. The smallest absolute Gasteiger partial charge is 0.224 e. The van der Waals surface area contributed by atoms with Crippen LogP contribution in [0.3, 0.4) is 0 Å². The van der Waals surface area contributed by atoms with Crippen LogP contribution in [0.4, 0.5) is 11.4 Å². The fraction of sp³-hybridized carbons (Fsp3) is 0.429. The zero-order valence-electron chi connectivity index (χ0n) is 25.7. The third-order valence-corrected chi connectivity index (χ3v) is 8.77. The van der Waals surface area contributed by atoms with E-state index >= 15 is 0 Å². The number of rotatable bonds is 17. The number of ether oxygens (including phenoxy) is 2. The summed E-state index contributed by atoms with van der Waals surface area (Å²) in [6, 6.07) is 22.9. The van der Waals surface area contributed by atoms with Crippen molar-refractivity contribution in [1.29, 1.82) is 0 Å². The molecule has 0 bridgehead atoms. The van der Waals surface area contributed by atoms with E-state index in [1.807, 2.05) is 60.7 Å². The van der Waals surface area contributed by atoms with E-state index in [1.165, 1.54) is 0 Å². The maximum Gasteiger partial charge on any atom is 0.224 e. The molecule has 242 valence electrons. The number of carbonyl (C=O) groups excluding carboxylic acids is 2. The molecule has 0 spiro atoms. The van der Waals surface area contributed by atoms with Crippen LogP contribution in [0.2, 0.25) is 0 Å². The summed E-state index contributed by atoms with van der Waals surface area (Å²) in [7, 11) is 0.